The Bertz CT molecular complexity index is 1480. The van der Waals surface area contributed by atoms with Crippen LogP contribution in [0.3, 0.4) is 0 Å². The number of rotatable bonds is 3. The van der Waals surface area contributed by atoms with Crippen LogP contribution in [0, 0.1) is 6.92 Å². The lowest BCUT2D eigenvalue weighted by Gasteiger charge is -2.29. The van der Waals surface area contributed by atoms with Crippen LogP contribution in [0.15, 0.2) is 109 Å². The predicted molar refractivity (Wildman–Crippen MR) is 172 cm³/mol. The van der Waals surface area contributed by atoms with E-state index in [1.807, 2.05) is 27.7 Å². The van der Waals surface area contributed by atoms with E-state index in [2.05, 4.69) is 137 Å². The summed E-state index contributed by atoms with van der Waals surface area (Å²) in [5.74, 6) is 0. The van der Waals surface area contributed by atoms with E-state index in [4.69, 9.17) is 0 Å². The van der Waals surface area contributed by atoms with Crippen molar-refractivity contribution >= 4 is 5.57 Å². The van der Waals surface area contributed by atoms with Crippen molar-refractivity contribution in [2.24, 2.45) is 0 Å². The molecular weight excluding hydrogens is 468 g/mol. The third kappa shape index (κ3) is 5.30. The normalized spacial score (nSPS) is 18.0. The maximum absolute atomic E-state index is 2.41. The maximum atomic E-state index is 2.41. The van der Waals surface area contributed by atoms with Crippen LogP contribution in [0.1, 0.15) is 82.7 Å². The van der Waals surface area contributed by atoms with Crippen LogP contribution in [0.5, 0.6) is 0 Å². The molecule has 0 heterocycles. The summed E-state index contributed by atoms with van der Waals surface area (Å²) >= 11 is 0. The Kier molecular flexibility index (Phi) is 8.45. The largest absolute Gasteiger partial charge is 0.0755 e. The van der Waals surface area contributed by atoms with Crippen molar-refractivity contribution in [3.8, 4) is 22.3 Å². The van der Waals surface area contributed by atoms with Crippen LogP contribution < -0.4 is 0 Å². The lowest BCUT2D eigenvalue weighted by Crippen LogP contribution is -2.20. The first kappa shape index (κ1) is 28.4. The van der Waals surface area contributed by atoms with E-state index in [0.29, 0.717) is 0 Å². The fourth-order valence-electron chi connectivity index (χ4n) is 5.86. The Balaban J connectivity index is 0.000000845. The van der Waals surface area contributed by atoms with Gasteiger partial charge in [-0.25, -0.2) is 0 Å². The number of fused-ring (bicyclic) bond motifs is 3. The first-order valence-corrected chi connectivity index (χ1v) is 14.7. The second-order valence-corrected chi connectivity index (χ2v) is 11.0. The minimum Gasteiger partial charge on any atom is -0.0755 e. The molecule has 6 rings (SSSR count). The fourth-order valence-corrected chi connectivity index (χ4v) is 5.86. The molecule has 0 aliphatic heterocycles. The average Bonchev–Trinajstić information content (AvgIpc) is 3.21. The summed E-state index contributed by atoms with van der Waals surface area (Å²) in [6.07, 6.45) is 8.05. The van der Waals surface area contributed by atoms with Gasteiger partial charge in [0.1, 0.15) is 0 Å². The summed E-state index contributed by atoms with van der Waals surface area (Å²) in [6.45, 7) is 17.2. The average molecular weight is 513 g/mol. The van der Waals surface area contributed by atoms with Gasteiger partial charge in [-0.2, -0.15) is 0 Å². The number of hydrogen-bond acceptors (Lipinski definition) is 0. The van der Waals surface area contributed by atoms with E-state index in [9.17, 15) is 0 Å². The molecule has 39 heavy (non-hydrogen) atoms. The second kappa shape index (κ2) is 11.6. The van der Waals surface area contributed by atoms with Crippen LogP contribution in [0.2, 0.25) is 0 Å². The number of allylic oxidation sites excluding steroid dienone is 4. The number of benzene rings is 4. The molecule has 4 aromatic carbocycles. The van der Waals surface area contributed by atoms with E-state index in [0.717, 1.165) is 6.42 Å². The van der Waals surface area contributed by atoms with Crippen molar-refractivity contribution in [3.05, 3.63) is 137 Å². The van der Waals surface area contributed by atoms with Gasteiger partial charge in [-0.15, -0.1) is 0 Å². The lowest BCUT2D eigenvalue weighted by molar-refractivity contribution is 0.601. The van der Waals surface area contributed by atoms with Crippen LogP contribution in [-0.2, 0) is 10.8 Å². The third-order valence-electron chi connectivity index (χ3n) is 8.19. The Hall–Kier alpha value is -3.64. The first-order chi connectivity index (χ1) is 18.8. The molecule has 0 amide bonds. The molecule has 4 aromatic rings. The summed E-state index contributed by atoms with van der Waals surface area (Å²) in [6, 6.07) is 33.8. The van der Waals surface area contributed by atoms with Crippen molar-refractivity contribution in [2.45, 2.75) is 72.6 Å². The zero-order valence-electron chi connectivity index (χ0n) is 25.1. The minimum atomic E-state index is 0.0236. The third-order valence-corrected chi connectivity index (χ3v) is 8.19. The van der Waals surface area contributed by atoms with Crippen molar-refractivity contribution in [1.29, 1.82) is 0 Å². The molecule has 0 radical (unpaired) electrons. The summed E-state index contributed by atoms with van der Waals surface area (Å²) in [7, 11) is 0. The summed E-state index contributed by atoms with van der Waals surface area (Å²) < 4.78 is 0. The van der Waals surface area contributed by atoms with Gasteiger partial charge in [-0.1, -0.05) is 157 Å². The Labute approximate surface area is 237 Å². The summed E-state index contributed by atoms with van der Waals surface area (Å²) in [5.41, 5.74) is 13.6. The molecule has 200 valence electrons. The molecule has 0 heteroatoms. The molecule has 0 aromatic heterocycles. The molecule has 0 nitrogen and oxygen atoms in total. The lowest BCUT2D eigenvalue weighted by atomic mass is 9.75. The van der Waals surface area contributed by atoms with Crippen molar-refractivity contribution in [2.75, 3.05) is 0 Å². The highest BCUT2D eigenvalue weighted by Crippen LogP contribution is 2.50. The molecule has 1 atom stereocenters. The van der Waals surface area contributed by atoms with Crippen LogP contribution in [-0.4, -0.2) is 0 Å². The summed E-state index contributed by atoms with van der Waals surface area (Å²) in [5, 5.41) is 0. The molecule has 0 spiro atoms. The molecule has 0 saturated carbocycles. The fraction of sp³-hybridized carbons (Fsp3) is 0.282. The van der Waals surface area contributed by atoms with Gasteiger partial charge in [0.05, 0.1) is 0 Å². The van der Waals surface area contributed by atoms with Crippen molar-refractivity contribution in [1.82, 2.24) is 0 Å². The molecule has 0 fully saturated rings. The summed E-state index contributed by atoms with van der Waals surface area (Å²) in [4.78, 5) is 0. The maximum Gasteiger partial charge on any atom is 0.0159 e. The molecule has 2 aliphatic carbocycles. The molecular formula is C39H44. The molecule has 0 saturated heterocycles. The monoisotopic (exact) mass is 512 g/mol. The smallest absolute Gasteiger partial charge is 0.0159 e. The van der Waals surface area contributed by atoms with E-state index < -0.39 is 0 Å². The first-order valence-electron chi connectivity index (χ1n) is 14.7. The highest BCUT2D eigenvalue weighted by molar-refractivity contribution is 5.84. The topological polar surface area (TPSA) is 0 Å². The minimum absolute atomic E-state index is 0.0236. The van der Waals surface area contributed by atoms with Crippen LogP contribution >= 0.6 is 0 Å². The number of hydrogen-bond donors (Lipinski definition) is 0. The van der Waals surface area contributed by atoms with Crippen molar-refractivity contribution < 1.29 is 0 Å². The van der Waals surface area contributed by atoms with Gasteiger partial charge in [0.25, 0.3) is 0 Å². The SMILES string of the molecule is CC.CC.Cc1ccc2c(c1)C(C)(C)c1cc(-c3ccc(C4(C)C=CC(c5ccccc5)=CC4)cc3)ccc1-2. The standard InChI is InChI=1S/C35H32.2C2H6/c1-24-10-16-30-31-17-13-28(23-33(31)34(2,3)32(30)22-24)26-11-14-29(15-12-26)35(4)20-18-27(19-21-35)25-8-6-5-7-9-25;2*1-2/h5-20,22-23H,21H2,1-4H3;2*1-2H3. The quantitative estimate of drug-likeness (QED) is 0.256. The Morgan fingerprint density at radius 1 is 0.590 bits per heavy atom. The van der Waals surface area contributed by atoms with Crippen LogP contribution in [0.4, 0.5) is 0 Å². The van der Waals surface area contributed by atoms with Gasteiger partial charge in [0, 0.05) is 10.8 Å². The zero-order chi connectivity index (χ0) is 28.2. The van der Waals surface area contributed by atoms with Gasteiger partial charge >= 0.3 is 0 Å². The van der Waals surface area contributed by atoms with E-state index in [1.165, 1.54) is 55.6 Å². The van der Waals surface area contributed by atoms with E-state index in [-0.39, 0.29) is 10.8 Å². The molecule has 0 bridgehead atoms. The number of aryl methyl sites for hydroxylation is 1. The highest BCUT2D eigenvalue weighted by Gasteiger charge is 2.35. The van der Waals surface area contributed by atoms with Gasteiger partial charge in [0.15, 0.2) is 0 Å². The van der Waals surface area contributed by atoms with Gasteiger partial charge in [-0.3, -0.25) is 0 Å². The second-order valence-electron chi connectivity index (χ2n) is 11.0. The molecule has 0 N–H and O–H groups in total. The van der Waals surface area contributed by atoms with E-state index >= 15 is 0 Å². The van der Waals surface area contributed by atoms with Gasteiger partial charge < -0.3 is 0 Å². The van der Waals surface area contributed by atoms with Crippen LogP contribution in [0.25, 0.3) is 27.8 Å². The van der Waals surface area contributed by atoms with Crippen molar-refractivity contribution in [3.63, 3.8) is 0 Å². The predicted octanol–water partition coefficient (Wildman–Crippen LogP) is 11.3. The molecule has 1 unspecified atom stereocenters. The zero-order valence-corrected chi connectivity index (χ0v) is 25.1. The Morgan fingerprint density at radius 3 is 1.79 bits per heavy atom. The van der Waals surface area contributed by atoms with E-state index in [1.54, 1.807) is 0 Å². The Morgan fingerprint density at radius 2 is 1.18 bits per heavy atom. The van der Waals surface area contributed by atoms with Gasteiger partial charge in [0.2, 0.25) is 0 Å². The molecule has 2 aliphatic rings. The van der Waals surface area contributed by atoms with Gasteiger partial charge in [-0.05, 0) is 69.5 Å². The highest BCUT2D eigenvalue weighted by atomic mass is 14.4.